The van der Waals surface area contributed by atoms with Crippen LogP contribution in [0.4, 0.5) is 0 Å². The molecule has 1 aliphatic rings. The maximum atomic E-state index is 12.9. The number of sulfonamides is 1. The van der Waals surface area contributed by atoms with Crippen molar-refractivity contribution in [2.24, 2.45) is 0 Å². The van der Waals surface area contributed by atoms with Crippen molar-refractivity contribution in [3.05, 3.63) is 48.0 Å². The minimum atomic E-state index is -3.53. The highest BCUT2D eigenvalue weighted by Crippen LogP contribution is 2.27. The summed E-state index contributed by atoms with van der Waals surface area (Å²) in [6.45, 7) is 3.28. The van der Waals surface area contributed by atoms with Crippen molar-refractivity contribution in [1.29, 1.82) is 0 Å². The van der Waals surface area contributed by atoms with Crippen LogP contribution in [0.25, 0.3) is 0 Å². The van der Waals surface area contributed by atoms with E-state index in [0.717, 1.165) is 18.6 Å². The number of amides is 1. The molecule has 1 aliphatic heterocycles. The van der Waals surface area contributed by atoms with Gasteiger partial charge in [0.25, 0.3) is 0 Å². The average molecular weight is 477 g/mol. The number of benzene rings is 2. The van der Waals surface area contributed by atoms with Gasteiger partial charge in [0.15, 0.2) is 0 Å². The van der Waals surface area contributed by atoms with E-state index in [0.29, 0.717) is 43.2 Å². The van der Waals surface area contributed by atoms with Crippen molar-refractivity contribution in [2.45, 2.75) is 43.5 Å². The number of aryl methyl sites for hydroxylation is 1. The lowest BCUT2D eigenvalue weighted by Gasteiger charge is -2.18. The van der Waals surface area contributed by atoms with E-state index in [1.807, 2.05) is 31.2 Å². The molecular weight excluding hydrogens is 444 g/mol. The van der Waals surface area contributed by atoms with E-state index >= 15 is 0 Å². The second-order valence-electron chi connectivity index (χ2n) is 8.04. The van der Waals surface area contributed by atoms with Crippen molar-refractivity contribution in [3.8, 4) is 17.2 Å². The predicted octanol–water partition coefficient (Wildman–Crippen LogP) is 3.00. The van der Waals surface area contributed by atoms with Crippen LogP contribution in [0.5, 0.6) is 17.2 Å². The van der Waals surface area contributed by atoms with Gasteiger partial charge in [-0.05, 0) is 74.2 Å². The van der Waals surface area contributed by atoms with Crippen molar-refractivity contribution in [3.63, 3.8) is 0 Å². The molecule has 0 bridgehead atoms. The molecule has 0 unspecified atom stereocenters. The molecular formula is C24H32N2O6S. The molecule has 1 fully saturated rings. The van der Waals surface area contributed by atoms with Gasteiger partial charge in [-0.25, -0.2) is 8.42 Å². The van der Waals surface area contributed by atoms with Crippen LogP contribution in [0.2, 0.25) is 0 Å². The number of rotatable bonds is 11. The van der Waals surface area contributed by atoms with Gasteiger partial charge in [0.1, 0.15) is 23.9 Å². The fourth-order valence-corrected chi connectivity index (χ4v) is 5.29. The molecule has 2 aromatic rings. The number of nitrogens with zero attached hydrogens (tertiary/aromatic N) is 1. The second kappa shape index (κ2) is 11.4. The molecule has 0 saturated carbocycles. The normalized spacial score (nSPS) is 15.1. The standard InChI is InChI=1S/C24H32N2O6S/c1-18(17-32-21-9-7-20(30-2)8-10-21)25-24(27)13-6-19-16-22(11-12-23(19)31-3)33(28,29)26-14-4-5-15-26/h7-12,16,18H,4-6,13-15,17H2,1-3H3,(H,25,27)/t18-/m1/s1. The third-order valence-corrected chi connectivity index (χ3v) is 7.44. The molecule has 9 heteroatoms. The van der Waals surface area contributed by atoms with Crippen LogP contribution in [0.15, 0.2) is 47.4 Å². The minimum Gasteiger partial charge on any atom is -0.497 e. The quantitative estimate of drug-likeness (QED) is 0.536. The lowest BCUT2D eigenvalue weighted by atomic mass is 10.1. The summed E-state index contributed by atoms with van der Waals surface area (Å²) in [6.07, 6.45) is 2.33. The van der Waals surface area contributed by atoms with Gasteiger partial charge in [0, 0.05) is 19.5 Å². The fraction of sp³-hybridized carbons (Fsp3) is 0.458. The number of carbonyl (C=O) groups is 1. The molecule has 1 saturated heterocycles. The zero-order valence-corrected chi connectivity index (χ0v) is 20.2. The van der Waals surface area contributed by atoms with Crippen LogP contribution in [0.3, 0.4) is 0 Å². The monoisotopic (exact) mass is 476 g/mol. The van der Waals surface area contributed by atoms with Gasteiger partial charge in [-0.3, -0.25) is 4.79 Å². The number of hydrogen-bond donors (Lipinski definition) is 1. The molecule has 1 heterocycles. The second-order valence-corrected chi connectivity index (χ2v) is 9.98. The Labute approximate surface area is 195 Å². The Morgan fingerprint density at radius 3 is 2.33 bits per heavy atom. The summed E-state index contributed by atoms with van der Waals surface area (Å²) in [5.41, 5.74) is 0.690. The Balaban J connectivity index is 1.55. The van der Waals surface area contributed by atoms with Gasteiger partial charge in [-0.2, -0.15) is 4.31 Å². The molecule has 1 atom stereocenters. The molecule has 180 valence electrons. The maximum Gasteiger partial charge on any atom is 0.243 e. The molecule has 1 amide bonds. The minimum absolute atomic E-state index is 0.143. The van der Waals surface area contributed by atoms with Gasteiger partial charge in [-0.1, -0.05) is 0 Å². The van der Waals surface area contributed by atoms with E-state index in [1.165, 1.54) is 11.4 Å². The Morgan fingerprint density at radius 2 is 1.70 bits per heavy atom. The first-order valence-corrected chi connectivity index (χ1v) is 12.5. The summed E-state index contributed by atoms with van der Waals surface area (Å²) >= 11 is 0. The number of nitrogens with one attached hydrogen (secondary N) is 1. The highest BCUT2D eigenvalue weighted by atomic mass is 32.2. The number of hydrogen-bond acceptors (Lipinski definition) is 6. The molecule has 0 aromatic heterocycles. The van der Waals surface area contributed by atoms with E-state index in [4.69, 9.17) is 14.2 Å². The van der Waals surface area contributed by atoms with E-state index in [-0.39, 0.29) is 23.3 Å². The van der Waals surface area contributed by atoms with Gasteiger partial charge >= 0.3 is 0 Å². The summed E-state index contributed by atoms with van der Waals surface area (Å²) in [7, 11) is -0.392. The number of carbonyl (C=O) groups excluding carboxylic acids is 1. The third-order valence-electron chi connectivity index (χ3n) is 5.54. The fourth-order valence-electron chi connectivity index (χ4n) is 3.72. The first-order chi connectivity index (χ1) is 15.8. The van der Waals surface area contributed by atoms with Crippen LogP contribution < -0.4 is 19.5 Å². The molecule has 2 aromatic carbocycles. The summed E-state index contributed by atoms with van der Waals surface area (Å²) in [5, 5.41) is 2.91. The predicted molar refractivity (Wildman–Crippen MR) is 125 cm³/mol. The lowest BCUT2D eigenvalue weighted by molar-refractivity contribution is -0.121. The number of ether oxygens (including phenoxy) is 3. The van der Waals surface area contributed by atoms with E-state index in [9.17, 15) is 13.2 Å². The van der Waals surface area contributed by atoms with Crippen molar-refractivity contribution in [1.82, 2.24) is 9.62 Å². The SMILES string of the molecule is COc1ccc(OC[C@@H](C)NC(=O)CCc2cc(S(=O)(=O)N3CCCC3)ccc2OC)cc1. The van der Waals surface area contributed by atoms with Crippen LogP contribution in [0.1, 0.15) is 31.7 Å². The molecule has 3 rings (SSSR count). The zero-order valence-electron chi connectivity index (χ0n) is 19.4. The van der Waals surface area contributed by atoms with Gasteiger partial charge < -0.3 is 19.5 Å². The van der Waals surface area contributed by atoms with Crippen LogP contribution in [0, 0.1) is 0 Å². The van der Waals surface area contributed by atoms with Gasteiger partial charge in [0.05, 0.1) is 25.2 Å². The largest absolute Gasteiger partial charge is 0.497 e. The molecule has 33 heavy (non-hydrogen) atoms. The first-order valence-electron chi connectivity index (χ1n) is 11.1. The van der Waals surface area contributed by atoms with Gasteiger partial charge in [0.2, 0.25) is 15.9 Å². The third kappa shape index (κ3) is 6.61. The van der Waals surface area contributed by atoms with Crippen molar-refractivity contribution >= 4 is 15.9 Å². The van der Waals surface area contributed by atoms with Crippen molar-refractivity contribution in [2.75, 3.05) is 33.9 Å². The summed E-state index contributed by atoms with van der Waals surface area (Å²) < 4.78 is 43.5. The zero-order chi connectivity index (χ0) is 23.8. The molecule has 0 aliphatic carbocycles. The van der Waals surface area contributed by atoms with E-state index in [1.54, 1.807) is 25.3 Å². The molecule has 1 N–H and O–H groups in total. The highest BCUT2D eigenvalue weighted by Gasteiger charge is 2.27. The van der Waals surface area contributed by atoms with E-state index < -0.39 is 10.0 Å². The van der Waals surface area contributed by atoms with Crippen molar-refractivity contribution < 1.29 is 27.4 Å². The summed E-state index contributed by atoms with van der Waals surface area (Å²) in [6, 6.07) is 11.9. The Bertz CT molecular complexity index is 1030. The summed E-state index contributed by atoms with van der Waals surface area (Å²) in [4.78, 5) is 12.7. The Morgan fingerprint density at radius 1 is 1.03 bits per heavy atom. The molecule has 8 nitrogen and oxygen atoms in total. The molecule has 0 radical (unpaired) electrons. The smallest absolute Gasteiger partial charge is 0.243 e. The Hall–Kier alpha value is -2.78. The summed E-state index contributed by atoms with van der Waals surface area (Å²) in [5.74, 6) is 1.86. The van der Waals surface area contributed by atoms with Crippen LogP contribution in [-0.2, 0) is 21.2 Å². The van der Waals surface area contributed by atoms with Crippen LogP contribution in [-0.4, -0.2) is 58.6 Å². The highest BCUT2D eigenvalue weighted by molar-refractivity contribution is 7.89. The average Bonchev–Trinajstić information content (AvgIpc) is 3.37. The Kier molecular flexibility index (Phi) is 8.57. The topological polar surface area (TPSA) is 94.2 Å². The van der Waals surface area contributed by atoms with E-state index in [2.05, 4.69) is 5.32 Å². The van der Waals surface area contributed by atoms with Crippen LogP contribution >= 0.6 is 0 Å². The maximum absolute atomic E-state index is 12.9. The first kappa shape index (κ1) is 24.9. The lowest BCUT2D eigenvalue weighted by Crippen LogP contribution is -2.36. The molecule has 0 spiro atoms. The number of methoxy groups -OCH3 is 2. The van der Waals surface area contributed by atoms with Gasteiger partial charge in [-0.15, -0.1) is 0 Å².